The summed E-state index contributed by atoms with van der Waals surface area (Å²) in [5, 5.41) is 13.0. The van der Waals surface area contributed by atoms with Gasteiger partial charge >= 0.3 is 11.9 Å². The second kappa shape index (κ2) is 7.96. The van der Waals surface area contributed by atoms with Crippen molar-refractivity contribution >= 4 is 17.6 Å². The number of carboxylic acids is 1. The van der Waals surface area contributed by atoms with E-state index in [-0.39, 0.29) is 23.3 Å². The number of aliphatic carboxylic acids is 1. The molecule has 2 bridgehead atoms. The van der Waals surface area contributed by atoms with Crippen molar-refractivity contribution in [1.82, 2.24) is 0 Å². The second-order valence-corrected chi connectivity index (χ2v) is 7.32. The summed E-state index contributed by atoms with van der Waals surface area (Å²) in [5.41, 5.74) is -0.939. The van der Waals surface area contributed by atoms with Gasteiger partial charge < -0.3 is 19.9 Å². The summed E-state index contributed by atoms with van der Waals surface area (Å²) in [7, 11) is 1.16. The van der Waals surface area contributed by atoms with Gasteiger partial charge in [-0.3, -0.25) is 0 Å². The molecule has 0 fully saturated rings. The van der Waals surface area contributed by atoms with E-state index in [1.165, 1.54) is 0 Å². The molecule has 6 nitrogen and oxygen atoms in total. The Balaban J connectivity index is 1.82. The number of nitrogens with one attached hydrogen (secondary N) is 1. The van der Waals surface area contributed by atoms with Gasteiger partial charge in [0.1, 0.15) is 23.3 Å². The Labute approximate surface area is 176 Å². The predicted octanol–water partition coefficient (Wildman–Crippen LogP) is 3.25. The highest BCUT2D eigenvalue weighted by Crippen LogP contribution is 2.47. The highest BCUT2D eigenvalue weighted by Gasteiger charge is 2.58. The number of methoxy groups -OCH3 is 1. The molecule has 0 saturated carbocycles. The van der Waals surface area contributed by atoms with Crippen LogP contribution in [-0.2, 0) is 25.5 Å². The van der Waals surface area contributed by atoms with Gasteiger partial charge in [0.2, 0.25) is 0 Å². The van der Waals surface area contributed by atoms with Gasteiger partial charge in [-0.05, 0) is 30.2 Å². The topological polar surface area (TPSA) is 84.9 Å². The molecule has 0 saturated heterocycles. The quantitative estimate of drug-likeness (QED) is 0.521. The molecule has 0 aliphatic carbocycles. The Morgan fingerprint density at radius 3 is 2.48 bits per heavy atom. The maximum absolute atomic E-state index is 13.8. The van der Waals surface area contributed by atoms with Crippen molar-refractivity contribution in [2.75, 3.05) is 12.4 Å². The Morgan fingerprint density at radius 1 is 1.19 bits per heavy atom. The van der Waals surface area contributed by atoms with Crippen molar-refractivity contribution in [3.63, 3.8) is 0 Å². The van der Waals surface area contributed by atoms with Gasteiger partial charge in [0, 0.05) is 11.8 Å². The molecule has 160 valence electrons. The molecule has 0 aromatic heterocycles. The molecule has 2 aromatic rings. The molecular formula is C23H19F2NO5. The van der Waals surface area contributed by atoms with Crippen LogP contribution >= 0.6 is 0 Å². The Hall–Kier alpha value is -3.52. The van der Waals surface area contributed by atoms with Crippen LogP contribution in [0.15, 0.2) is 71.8 Å². The molecular weight excluding hydrogens is 408 g/mol. The van der Waals surface area contributed by atoms with Crippen LogP contribution in [0.25, 0.3) is 0 Å². The number of hydrogen-bond acceptors (Lipinski definition) is 5. The van der Waals surface area contributed by atoms with Gasteiger partial charge in [0.15, 0.2) is 0 Å². The zero-order valence-corrected chi connectivity index (χ0v) is 16.5. The van der Waals surface area contributed by atoms with E-state index in [0.717, 1.165) is 30.9 Å². The zero-order valence-electron chi connectivity index (χ0n) is 16.5. The average molecular weight is 427 g/mol. The van der Waals surface area contributed by atoms with Crippen LogP contribution in [0.4, 0.5) is 14.5 Å². The molecule has 8 heteroatoms. The van der Waals surface area contributed by atoms with E-state index in [1.54, 1.807) is 12.2 Å². The van der Waals surface area contributed by atoms with Gasteiger partial charge in [0.05, 0.1) is 24.3 Å². The van der Waals surface area contributed by atoms with Gasteiger partial charge in [-0.15, -0.1) is 0 Å². The van der Waals surface area contributed by atoms with E-state index in [9.17, 15) is 23.5 Å². The first-order valence-corrected chi connectivity index (χ1v) is 9.54. The Morgan fingerprint density at radius 2 is 1.87 bits per heavy atom. The molecule has 2 N–H and O–H groups in total. The molecule has 0 amide bonds. The van der Waals surface area contributed by atoms with Crippen LogP contribution in [0.2, 0.25) is 0 Å². The number of ether oxygens (including phenoxy) is 2. The highest BCUT2D eigenvalue weighted by atomic mass is 19.1. The third-order valence-electron chi connectivity index (χ3n) is 5.41. The summed E-state index contributed by atoms with van der Waals surface area (Å²) < 4.78 is 38.4. The number of esters is 1. The number of fused-ring (bicyclic) bond motifs is 2. The van der Waals surface area contributed by atoms with Crippen molar-refractivity contribution < 1.29 is 33.0 Å². The molecule has 0 spiro atoms. The van der Waals surface area contributed by atoms with Crippen molar-refractivity contribution in [2.24, 2.45) is 0 Å². The molecule has 2 aliphatic heterocycles. The van der Waals surface area contributed by atoms with Crippen LogP contribution in [-0.4, -0.2) is 41.9 Å². The van der Waals surface area contributed by atoms with Gasteiger partial charge in [0.25, 0.3) is 0 Å². The van der Waals surface area contributed by atoms with Crippen molar-refractivity contribution in [1.29, 1.82) is 0 Å². The summed E-state index contributed by atoms with van der Waals surface area (Å²) in [4.78, 5) is 24.5. The first kappa shape index (κ1) is 20.7. The maximum Gasteiger partial charge on any atom is 0.337 e. The number of carbonyl (C=O) groups excluding carboxylic acids is 1. The lowest BCUT2D eigenvalue weighted by atomic mass is 9.79. The van der Waals surface area contributed by atoms with Crippen LogP contribution < -0.4 is 5.32 Å². The minimum atomic E-state index is -1.54. The molecule has 3 atom stereocenters. The summed E-state index contributed by atoms with van der Waals surface area (Å²) in [5.74, 6) is -3.70. The number of halogens is 2. The lowest BCUT2D eigenvalue weighted by Crippen LogP contribution is -2.49. The fourth-order valence-corrected chi connectivity index (χ4v) is 4.15. The molecule has 2 aromatic carbocycles. The second-order valence-electron chi connectivity index (χ2n) is 7.32. The van der Waals surface area contributed by atoms with Gasteiger partial charge in [-0.1, -0.05) is 36.4 Å². The third kappa shape index (κ3) is 3.70. The first-order valence-electron chi connectivity index (χ1n) is 9.54. The maximum atomic E-state index is 13.8. The Bertz CT molecular complexity index is 1080. The minimum Gasteiger partial charge on any atom is -0.478 e. The van der Waals surface area contributed by atoms with Gasteiger partial charge in [-0.2, -0.15) is 0 Å². The summed E-state index contributed by atoms with van der Waals surface area (Å²) in [6.45, 7) is 0. The predicted molar refractivity (Wildman–Crippen MR) is 107 cm³/mol. The van der Waals surface area contributed by atoms with Crippen LogP contribution in [0.5, 0.6) is 0 Å². The summed E-state index contributed by atoms with van der Waals surface area (Å²) in [6, 6.07) is 11.3. The number of benzene rings is 2. The monoisotopic (exact) mass is 427 g/mol. The highest BCUT2D eigenvalue weighted by molar-refractivity contribution is 6.04. The third-order valence-corrected chi connectivity index (χ3v) is 5.41. The number of hydrogen-bond donors (Lipinski definition) is 2. The van der Waals surface area contributed by atoms with E-state index in [1.807, 2.05) is 30.3 Å². The number of anilines is 1. The SMILES string of the molecule is COC(=O)C1=C(C(=O)O)C2(C(Cc3ccccc3)Nc3cc(F)cc(F)c3)C=CC1O2. The van der Waals surface area contributed by atoms with Crippen molar-refractivity contribution in [3.05, 3.63) is 89.0 Å². The normalized spacial score (nSPS) is 22.5. The van der Waals surface area contributed by atoms with E-state index < -0.39 is 41.3 Å². The summed E-state index contributed by atoms with van der Waals surface area (Å²) >= 11 is 0. The first-order chi connectivity index (χ1) is 14.8. The fraction of sp³-hybridized carbons (Fsp3) is 0.217. The number of carboxylic acid groups (broad SMARTS) is 1. The lowest BCUT2D eigenvalue weighted by Gasteiger charge is -2.35. The van der Waals surface area contributed by atoms with Crippen LogP contribution in [0.1, 0.15) is 5.56 Å². The lowest BCUT2D eigenvalue weighted by molar-refractivity contribution is -0.138. The number of carbonyl (C=O) groups is 2. The van der Waals surface area contributed by atoms with E-state index in [2.05, 4.69) is 5.32 Å². The summed E-state index contributed by atoms with van der Waals surface area (Å²) in [6.07, 6.45) is 2.53. The van der Waals surface area contributed by atoms with Crippen molar-refractivity contribution in [2.45, 2.75) is 24.2 Å². The molecule has 4 rings (SSSR count). The van der Waals surface area contributed by atoms with Crippen LogP contribution in [0.3, 0.4) is 0 Å². The van der Waals surface area contributed by atoms with Crippen molar-refractivity contribution in [3.8, 4) is 0 Å². The number of rotatable bonds is 7. The fourth-order valence-electron chi connectivity index (χ4n) is 4.15. The van der Waals surface area contributed by atoms with E-state index in [4.69, 9.17) is 9.47 Å². The largest absolute Gasteiger partial charge is 0.478 e. The smallest absolute Gasteiger partial charge is 0.337 e. The molecule has 2 aliphatic rings. The van der Waals surface area contributed by atoms with E-state index in [0.29, 0.717) is 0 Å². The molecule has 31 heavy (non-hydrogen) atoms. The zero-order chi connectivity index (χ0) is 22.2. The minimum absolute atomic E-state index is 0.0946. The molecule has 2 heterocycles. The van der Waals surface area contributed by atoms with Crippen LogP contribution in [0, 0.1) is 11.6 Å². The van der Waals surface area contributed by atoms with E-state index >= 15 is 0 Å². The standard InChI is InChI=1S/C23H19F2NO5/c1-30-22(29)19-17-7-8-23(31-17,20(19)21(27)28)18(9-13-5-3-2-4-6-13)26-16-11-14(24)10-15(25)12-16/h2-8,10-12,17-18,26H,9H2,1H3,(H,27,28). The molecule has 3 unspecified atom stereocenters. The van der Waals surface area contributed by atoms with Gasteiger partial charge in [-0.25, -0.2) is 18.4 Å². The Kier molecular flexibility index (Phi) is 5.32. The average Bonchev–Trinajstić information content (AvgIpc) is 3.31. The molecule has 0 radical (unpaired) electrons.